The van der Waals surface area contributed by atoms with Crippen molar-refractivity contribution >= 4 is 117 Å². The Hall–Kier alpha value is -0.942. The van der Waals surface area contributed by atoms with Crippen LogP contribution in [0.2, 0.25) is 0 Å². The van der Waals surface area contributed by atoms with E-state index in [1.807, 2.05) is 0 Å². The smallest absolute Gasteiger partial charge is 0 e. The number of benzene rings is 3. The van der Waals surface area contributed by atoms with Gasteiger partial charge in [0, 0.05) is 59.1 Å². The minimum Gasteiger partial charge on any atom is 0 e. The van der Waals surface area contributed by atoms with E-state index in [4.69, 9.17) is 7.82 Å². The number of rotatable bonds is 6. The van der Waals surface area contributed by atoms with Crippen molar-refractivity contribution in [3.63, 3.8) is 0 Å². The Bertz CT molecular complexity index is 1510. The molecule has 3 rings (SSSR count). The fraction of sp³-hybridized carbons (Fsp3) is 0. The predicted octanol–water partition coefficient (Wildman–Crippen LogP) is 0.917. The first-order valence-corrected chi connectivity index (χ1v) is 13.7. The normalized spacial score (nSPS) is 12.7. The largest absolute Gasteiger partial charge is 0 e. The molecule has 172 valence electrons. The van der Waals surface area contributed by atoms with Gasteiger partial charge in [0.2, 0.25) is 0 Å². The average molecular weight is 594 g/mol. The van der Waals surface area contributed by atoms with Crippen LogP contribution < -0.4 is 3.73 Å². The Morgan fingerprint density at radius 2 is 1.50 bits per heavy atom. The number of phenols is 2. The van der Waals surface area contributed by atoms with Gasteiger partial charge in [-0.1, -0.05) is 0 Å². The summed E-state index contributed by atoms with van der Waals surface area (Å²) in [5.41, 5.74) is -0.957. The number of azo groups is 1. The van der Waals surface area contributed by atoms with Gasteiger partial charge in [-0.3, -0.25) is 4.55 Å². The number of para-hydroxylation sites is 1. The van der Waals surface area contributed by atoms with Crippen molar-refractivity contribution < 1.29 is 47.7 Å². The second-order valence-corrected chi connectivity index (χ2v) is 10.5. The summed E-state index contributed by atoms with van der Waals surface area (Å²) in [6.07, 6.45) is 0. The van der Waals surface area contributed by atoms with Crippen LogP contribution in [0.4, 0.5) is 11.4 Å². The predicted molar refractivity (Wildman–Crippen MR) is 120 cm³/mol. The third-order valence-corrected chi connectivity index (χ3v) is 6.52. The fourth-order valence-electron chi connectivity index (χ4n) is 2.70. The van der Waals surface area contributed by atoms with Crippen molar-refractivity contribution in [2.45, 2.75) is 9.79 Å². The molecule has 3 aromatic carbocycles. The second kappa shape index (κ2) is 11.9. The van der Waals surface area contributed by atoms with E-state index in [1.165, 1.54) is 24.3 Å². The molecule has 18 heteroatoms. The molecule has 0 aliphatic rings. The van der Waals surface area contributed by atoms with Gasteiger partial charge < -0.3 is 0 Å². The molecule has 5 N–H and O–H groups in total. The van der Waals surface area contributed by atoms with E-state index in [1.54, 1.807) is 0 Å². The third-order valence-electron chi connectivity index (χ3n) is 4.00. The molecule has 0 saturated carbocycles. The molecule has 1 atom stereocenters. The van der Waals surface area contributed by atoms with E-state index in [0.29, 0.717) is 12.1 Å². The molecular formula is C16H13AsN2Na2O11S2. The maximum atomic E-state index is 11.9. The van der Waals surface area contributed by atoms with E-state index in [-0.39, 0.29) is 75.9 Å². The molecule has 2 radical (unpaired) electrons. The van der Waals surface area contributed by atoms with Crippen molar-refractivity contribution in [3.05, 3.63) is 42.5 Å². The molecule has 13 nitrogen and oxygen atoms in total. The van der Waals surface area contributed by atoms with Gasteiger partial charge >= 0.3 is 172 Å². The van der Waals surface area contributed by atoms with Crippen LogP contribution in [0.25, 0.3) is 10.8 Å². The van der Waals surface area contributed by atoms with E-state index in [0.717, 1.165) is 6.07 Å². The van der Waals surface area contributed by atoms with Crippen LogP contribution in [0.15, 0.2) is 62.5 Å². The first-order chi connectivity index (χ1) is 14.8. The second-order valence-electron chi connectivity index (χ2n) is 6.10. The van der Waals surface area contributed by atoms with Crippen LogP contribution in [-0.2, 0) is 24.0 Å². The summed E-state index contributed by atoms with van der Waals surface area (Å²) in [7, 11) is -9.86. The zero-order chi connectivity index (χ0) is 23.8. The first kappa shape index (κ1) is 31.1. The average Bonchev–Trinajstić information content (AvgIpc) is 2.65. The Balaban J connectivity index is 0.00000289. The molecule has 0 heterocycles. The zero-order valence-corrected chi connectivity index (χ0v) is 25.2. The SMILES string of the molecule is O=[AsH](O)Oc1ccccc1N=Nc1c(S(=O)(=O)O)cc2cc(S(=O)(=O)O)cc(O)c2c1O.[Na].[Na]. The number of fused-ring (bicyclic) bond motifs is 1. The maximum Gasteiger partial charge on any atom is 0 e. The van der Waals surface area contributed by atoms with Gasteiger partial charge in [0.05, 0.1) is 0 Å². The van der Waals surface area contributed by atoms with Crippen molar-refractivity contribution in [3.8, 4) is 17.2 Å². The van der Waals surface area contributed by atoms with Gasteiger partial charge in [0.25, 0.3) is 0 Å². The molecule has 0 amide bonds. The van der Waals surface area contributed by atoms with E-state index < -0.39 is 67.9 Å². The van der Waals surface area contributed by atoms with E-state index in [9.17, 15) is 39.9 Å². The topological polar surface area (TPSA) is 220 Å². The fourth-order valence-corrected chi connectivity index (χ4v) is 4.66. The van der Waals surface area contributed by atoms with E-state index in [2.05, 4.69) is 10.2 Å². The number of nitrogens with zero attached hydrogens (tertiary/aromatic N) is 2. The van der Waals surface area contributed by atoms with Crippen LogP contribution in [0.5, 0.6) is 17.2 Å². The Labute approximate surface area is 241 Å². The van der Waals surface area contributed by atoms with Crippen molar-refractivity contribution in [1.29, 1.82) is 0 Å². The number of hydrogen-bond acceptors (Lipinski definition) is 10. The number of phenolic OH excluding ortho intramolecular Hbond substituents is 2. The number of aromatic hydroxyl groups is 2. The molecule has 3 aromatic rings. The Morgan fingerprint density at radius 3 is 2.06 bits per heavy atom. The molecule has 0 bridgehead atoms. The molecular weight excluding hydrogens is 581 g/mol. The van der Waals surface area contributed by atoms with Gasteiger partial charge in [0.15, 0.2) is 0 Å². The summed E-state index contributed by atoms with van der Waals surface area (Å²) in [5, 5.41) is 27.1. The van der Waals surface area contributed by atoms with Crippen molar-refractivity contribution in [2.24, 2.45) is 10.2 Å². The summed E-state index contributed by atoms with van der Waals surface area (Å²) in [5.74, 6) is -2.01. The summed E-state index contributed by atoms with van der Waals surface area (Å²) in [6.45, 7) is 0. The maximum absolute atomic E-state index is 11.9. The summed E-state index contributed by atoms with van der Waals surface area (Å²) < 4.78 is 90.0. The van der Waals surface area contributed by atoms with Gasteiger partial charge in [-0.25, -0.2) is 0 Å². The molecule has 0 aromatic heterocycles. The van der Waals surface area contributed by atoms with Crippen LogP contribution in [0, 0.1) is 0 Å². The van der Waals surface area contributed by atoms with Crippen LogP contribution in [0.1, 0.15) is 0 Å². The van der Waals surface area contributed by atoms with Crippen molar-refractivity contribution in [1.82, 2.24) is 0 Å². The van der Waals surface area contributed by atoms with Gasteiger partial charge in [0.1, 0.15) is 0 Å². The molecule has 0 aliphatic carbocycles. The first-order valence-electron chi connectivity index (χ1n) is 8.18. The van der Waals surface area contributed by atoms with Crippen molar-refractivity contribution in [2.75, 3.05) is 0 Å². The quantitative estimate of drug-likeness (QED) is 0.153. The standard InChI is InChI=1S/C16H13AsN2O11S2.2Na/c20-11-7-9(31(24,25)26)5-8-6-13(32(27,28)29)15(16(21)14(8)11)19-18-10-3-1-2-4-12(10)30-17(22)23;;/h1-7,17,20-21H,(H,22,23)(H,24,25,26)(H,27,28,29);;. The molecule has 0 fully saturated rings. The van der Waals surface area contributed by atoms with Crippen LogP contribution in [-0.4, -0.2) is 115 Å². The molecule has 34 heavy (non-hydrogen) atoms. The summed E-state index contributed by atoms with van der Waals surface area (Å²) in [4.78, 5) is -1.80. The van der Waals surface area contributed by atoms with E-state index >= 15 is 0 Å². The zero-order valence-electron chi connectivity index (χ0n) is 17.4. The van der Waals surface area contributed by atoms with Crippen LogP contribution >= 0.6 is 0 Å². The van der Waals surface area contributed by atoms with Gasteiger partial charge in [-0.2, -0.15) is 8.42 Å². The minimum absolute atomic E-state index is 0. The molecule has 0 spiro atoms. The minimum atomic E-state index is -5.06. The molecule has 0 saturated heterocycles. The Kier molecular flexibility index (Phi) is 10.8. The summed E-state index contributed by atoms with van der Waals surface area (Å²) in [6, 6.07) is 7.54. The van der Waals surface area contributed by atoms with Gasteiger partial charge in [-0.15, -0.1) is 0 Å². The number of hydrogen-bond donors (Lipinski definition) is 5. The Morgan fingerprint density at radius 1 is 0.882 bits per heavy atom. The van der Waals surface area contributed by atoms with Crippen LogP contribution in [0.3, 0.4) is 0 Å². The third kappa shape index (κ3) is 7.06. The van der Waals surface area contributed by atoms with Gasteiger partial charge in [-0.05, 0) is 0 Å². The molecule has 1 unspecified atom stereocenters. The summed E-state index contributed by atoms with van der Waals surface area (Å²) >= 11 is -4.03. The molecule has 0 aliphatic heterocycles. The monoisotopic (exact) mass is 594 g/mol.